The molecular formula is C20H19N3O4. The lowest BCUT2D eigenvalue weighted by molar-refractivity contribution is -0.119. The first-order valence-electron chi connectivity index (χ1n) is 8.83. The Morgan fingerprint density at radius 1 is 1.15 bits per heavy atom. The number of ether oxygens (including phenoxy) is 1. The summed E-state index contributed by atoms with van der Waals surface area (Å²) in [6, 6.07) is 12.3. The van der Waals surface area contributed by atoms with Gasteiger partial charge in [0, 0.05) is 23.7 Å². The molecule has 0 radical (unpaired) electrons. The van der Waals surface area contributed by atoms with E-state index in [1.165, 1.54) is 0 Å². The molecule has 0 bridgehead atoms. The highest BCUT2D eigenvalue weighted by Gasteiger charge is 2.29. The van der Waals surface area contributed by atoms with E-state index in [1.807, 2.05) is 24.3 Å². The quantitative estimate of drug-likeness (QED) is 0.757. The molecule has 4 rings (SSSR count). The predicted octanol–water partition coefficient (Wildman–Crippen LogP) is 2.30. The first-order valence-corrected chi connectivity index (χ1v) is 8.83. The maximum absolute atomic E-state index is 12.4. The van der Waals surface area contributed by atoms with Crippen molar-refractivity contribution in [1.82, 2.24) is 5.32 Å². The molecule has 0 atom stereocenters. The van der Waals surface area contributed by atoms with Crippen LogP contribution < -0.4 is 20.7 Å². The highest BCUT2D eigenvalue weighted by Crippen LogP contribution is 2.30. The summed E-state index contributed by atoms with van der Waals surface area (Å²) >= 11 is 0. The third-order valence-electron chi connectivity index (χ3n) is 4.47. The van der Waals surface area contributed by atoms with Crippen LogP contribution in [0.2, 0.25) is 0 Å². The number of hydrogen-bond donors (Lipinski definition) is 3. The van der Waals surface area contributed by atoms with Crippen LogP contribution in [0.1, 0.15) is 28.8 Å². The second-order valence-electron chi connectivity index (χ2n) is 6.69. The Labute approximate surface area is 156 Å². The normalized spacial score (nSPS) is 15.2. The molecule has 1 aliphatic carbocycles. The van der Waals surface area contributed by atoms with Crippen molar-refractivity contribution >= 4 is 29.1 Å². The van der Waals surface area contributed by atoms with Gasteiger partial charge in [-0.2, -0.15) is 0 Å². The van der Waals surface area contributed by atoms with Gasteiger partial charge >= 0.3 is 0 Å². The minimum Gasteiger partial charge on any atom is -0.482 e. The van der Waals surface area contributed by atoms with E-state index in [1.54, 1.807) is 18.2 Å². The zero-order valence-corrected chi connectivity index (χ0v) is 14.6. The molecule has 7 nitrogen and oxygen atoms in total. The van der Waals surface area contributed by atoms with Gasteiger partial charge in [-0.1, -0.05) is 12.1 Å². The van der Waals surface area contributed by atoms with Gasteiger partial charge in [0.2, 0.25) is 5.91 Å². The van der Waals surface area contributed by atoms with Gasteiger partial charge in [0.15, 0.2) is 6.61 Å². The number of fused-ring (bicyclic) bond motifs is 1. The van der Waals surface area contributed by atoms with Gasteiger partial charge < -0.3 is 20.7 Å². The van der Waals surface area contributed by atoms with Crippen LogP contribution in [-0.2, 0) is 16.1 Å². The van der Waals surface area contributed by atoms with Crippen molar-refractivity contribution in [3.8, 4) is 5.75 Å². The molecule has 0 unspecified atom stereocenters. The van der Waals surface area contributed by atoms with Crippen LogP contribution in [0.25, 0.3) is 0 Å². The maximum atomic E-state index is 12.4. The molecule has 0 aromatic heterocycles. The highest BCUT2D eigenvalue weighted by molar-refractivity contribution is 5.99. The smallest absolute Gasteiger partial charge is 0.262 e. The summed E-state index contributed by atoms with van der Waals surface area (Å²) in [5, 5.41) is 8.44. The van der Waals surface area contributed by atoms with Gasteiger partial charge in [0.25, 0.3) is 11.8 Å². The zero-order valence-electron chi connectivity index (χ0n) is 14.6. The van der Waals surface area contributed by atoms with Crippen molar-refractivity contribution in [1.29, 1.82) is 0 Å². The Balaban J connectivity index is 1.37. The van der Waals surface area contributed by atoms with Crippen molar-refractivity contribution in [2.24, 2.45) is 5.92 Å². The molecule has 2 aliphatic rings. The Kier molecular flexibility index (Phi) is 4.50. The monoisotopic (exact) mass is 365 g/mol. The van der Waals surface area contributed by atoms with Gasteiger partial charge in [-0.05, 0) is 48.7 Å². The second-order valence-corrected chi connectivity index (χ2v) is 6.69. The molecule has 3 amide bonds. The van der Waals surface area contributed by atoms with E-state index in [0.29, 0.717) is 23.5 Å². The molecule has 138 valence electrons. The minimum atomic E-state index is -0.245. The minimum absolute atomic E-state index is 0.0531. The molecule has 1 heterocycles. The van der Waals surface area contributed by atoms with Gasteiger partial charge in [-0.3, -0.25) is 14.4 Å². The molecule has 7 heteroatoms. The van der Waals surface area contributed by atoms with E-state index >= 15 is 0 Å². The predicted molar refractivity (Wildman–Crippen MR) is 99.5 cm³/mol. The standard InChI is InChI=1S/C20H19N3O4/c24-18-11-27-17-9-14(6-7-16(17)23-18)19(25)21-10-12-2-1-3-15(8-12)22-20(26)13-4-5-13/h1-3,6-9,13H,4-5,10-11H2,(H,21,25)(H,22,26)(H,23,24). The number of carbonyl (C=O) groups is 3. The zero-order chi connectivity index (χ0) is 18.8. The van der Waals surface area contributed by atoms with Crippen molar-refractivity contribution in [3.05, 3.63) is 53.6 Å². The van der Waals surface area contributed by atoms with Crippen LogP contribution in [0, 0.1) is 5.92 Å². The van der Waals surface area contributed by atoms with E-state index in [-0.39, 0.29) is 30.2 Å². The van der Waals surface area contributed by atoms with E-state index < -0.39 is 0 Å². The summed E-state index contributed by atoms with van der Waals surface area (Å²) < 4.78 is 5.33. The molecule has 1 saturated carbocycles. The summed E-state index contributed by atoms with van der Waals surface area (Å²) in [6.45, 7) is 0.276. The van der Waals surface area contributed by atoms with Crippen molar-refractivity contribution < 1.29 is 19.1 Å². The SMILES string of the molecule is O=C1COc2cc(C(=O)NCc3cccc(NC(=O)C4CC4)c3)ccc2N1. The lowest BCUT2D eigenvalue weighted by Crippen LogP contribution is -2.26. The molecule has 2 aromatic carbocycles. The summed E-state index contributed by atoms with van der Waals surface area (Å²) in [5.74, 6) is 0.216. The van der Waals surface area contributed by atoms with Crippen LogP contribution in [-0.4, -0.2) is 24.3 Å². The molecular weight excluding hydrogens is 346 g/mol. The number of rotatable bonds is 5. The van der Waals surface area contributed by atoms with E-state index in [0.717, 1.165) is 24.1 Å². The molecule has 27 heavy (non-hydrogen) atoms. The van der Waals surface area contributed by atoms with Crippen molar-refractivity contribution in [2.45, 2.75) is 19.4 Å². The Morgan fingerprint density at radius 3 is 2.81 bits per heavy atom. The van der Waals surface area contributed by atoms with Crippen molar-refractivity contribution in [3.63, 3.8) is 0 Å². The largest absolute Gasteiger partial charge is 0.482 e. The number of amides is 3. The van der Waals surface area contributed by atoms with Gasteiger partial charge in [-0.15, -0.1) is 0 Å². The van der Waals surface area contributed by atoms with Gasteiger partial charge in [0.05, 0.1) is 5.69 Å². The second kappa shape index (κ2) is 7.11. The summed E-state index contributed by atoms with van der Waals surface area (Å²) in [7, 11) is 0. The number of benzene rings is 2. The maximum Gasteiger partial charge on any atom is 0.262 e. The van der Waals surface area contributed by atoms with E-state index in [9.17, 15) is 14.4 Å². The fourth-order valence-electron chi connectivity index (χ4n) is 2.85. The van der Waals surface area contributed by atoms with Crippen LogP contribution in [0.4, 0.5) is 11.4 Å². The summed E-state index contributed by atoms with van der Waals surface area (Å²) in [6.07, 6.45) is 1.91. The number of hydrogen-bond acceptors (Lipinski definition) is 4. The molecule has 2 aromatic rings. The van der Waals surface area contributed by atoms with Crippen LogP contribution in [0.15, 0.2) is 42.5 Å². The van der Waals surface area contributed by atoms with Crippen LogP contribution in [0.5, 0.6) is 5.75 Å². The lowest BCUT2D eigenvalue weighted by atomic mass is 10.1. The summed E-state index contributed by atoms with van der Waals surface area (Å²) in [5.41, 5.74) is 2.62. The lowest BCUT2D eigenvalue weighted by Gasteiger charge is -2.18. The number of anilines is 2. The highest BCUT2D eigenvalue weighted by atomic mass is 16.5. The Bertz CT molecular complexity index is 921. The number of nitrogens with one attached hydrogen (secondary N) is 3. The third kappa shape index (κ3) is 4.08. The van der Waals surface area contributed by atoms with Gasteiger partial charge in [-0.25, -0.2) is 0 Å². The summed E-state index contributed by atoms with van der Waals surface area (Å²) in [4.78, 5) is 35.6. The molecule has 0 spiro atoms. The fraction of sp³-hybridized carbons (Fsp3) is 0.250. The average Bonchev–Trinajstić information content (AvgIpc) is 3.51. The molecule has 3 N–H and O–H groups in total. The number of carbonyl (C=O) groups excluding carboxylic acids is 3. The molecule has 1 aliphatic heterocycles. The molecule has 1 fully saturated rings. The third-order valence-corrected chi connectivity index (χ3v) is 4.47. The Morgan fingerprint density at radius 2 is 2.00 bits per heavy atom. The topological polar surface area (TPSA) is 96.5 Å². The molecule has 0 saturated heterocycles. The Hall–Kier alpha value is -3.35. The van der Waals surface area contributed by atoms with Crippen molar-refractivity contribution in [2.75, 3.05) is 17.2 Å². The van der Waals surface area contributed by atoms with Gasteiger partial charge in [0.1, 0.15) is 5.75 Å². The fourth-order valence-corrected chi connectivity index (χ4v) is 2.85. The van der Waals surface area contributed by atoms with E-state index in [2.05, 4.69) is 16.0 Å². The van der Waals surface area contributed by atoms with Crippen LogP contribution in [0.3, 0.4) is 0 Å². The van der Waals surface area contributed by atoms with E-state index in [4.69, 9.17) is 4.74 Å². The van der Waals surface area contributed by atoms with Crippen LogP contribution >= 0.6 is 0 Å². The first kappa shape index (κ1) is 17.1. The average molecular weight is 365 g/mol. The first-order chi connectivity index (χ1) is 13.1.